The Labute approximate surface area is 142 Å². The molecule has 0 fully saturated rings. The van der Waals surface area contributed by atoms with Gasteiger partial charge in [-0.1, -0.05) is 43.3 Å². The van der Waals surface area contributed by atoms with Crippen LogP contribution in [0.3, 0.4) is 0 Å². The van der Waals surface area contributed by atoms with Crippen LogP contribution in [0, 0.1) is 0 Å². The summed E-state index contributed by atoms with van der Waals surface area (Å²) in [6.45, 7) is 2.71. The van der Waals surface area contributed by atoms with Crippen LogP contribution in [0.4, 0.5) is 0 Å². The van der Waals surface area contributed by atoms with E-state index in [2.05, 4.69) is 4.98 Å². The Bertz CT molecular complexity index is 924. The lowest BCUT2D eigenvalue weighted by Crippen LogP contribution is -2.32. The van der Waals surface area contributed by atoms with E-state index < -0.39 is 10.0 Å². The monoisotopic (exact) mass is 340 g/mol. The highest BCUT2D eigenvalue weighted by atomic mass is 32.2. The van der Waals surface area contributed by atoms with Crippen molar-refractivity contribution in [1.29, 1.82) is 0 Å². The van der Waals surface area contributed by atoms with Crippen LogP contribution in [0.25, 0.3) is 10.8 Å². The molecule has 0 N–H and O–H groups in total. The van der Waals surface area contributed by atoms with Gasteiger partial charge in [-0.3, -0.25) is 4.98 Å². The van der Waals surface area contributed by atoms with Crippen LogP contribution < -0.4 is 0 Å². The van der Waals surface area contributed by atoms with E-state index in [-0.39, 0.29) is 0 Å². The van der Waals surface area contributed by atoms with Crippen molar-refractivity contribution >= 4 is 20.8 Å². The van der Waals surface area contributed by atoms with Gasteiger partial charge >= 0.3 is 0 Å². The fraction of sp³-hybridized carbons (Fsp3) is 0.211. The van der Waals surface area contributed by atoms with E-state index in [4.69, 9.17) is 0 Å². The predicted molar refractivity (Wildman–Crippen MR) is 96.3 cm³/mol. The number of benzene rings is 2. The van der Waals surface area contributed by atoms with Gasteiger partial charge in [0.15, 0.2) is 0 Å². The first-order valence-corrected chi connectivity index (χ1v) is 9.44. The quantitative estimate of drug-likeness (QED) is 0.690. The van der Waals surface area contributed by atoms with E-state index >= 15 is 0 Å². The Hall–Kier alpha value is -2.24. The van der Waals surface area contributed by atoms with Crippen LogP contribution in [0.2, 0.25) is 0 Å². The molecule has 0 radical (unpaired) electrons. The number of fused-ring (bicyclic) bond motifs is 1. The van der Waals surface area contributed by atoms with Crippen molar-refractivity contribution < 1.29 is 8.42 Å². The molecule has 1 heterocycles. The zero-order valence-electron chi connectivity index (χ0n) is 13.6. The molecule has 0 aliphatic rings. The van der Waals surface area contributed by atoms with Gasteiger partial charge in [0.05, 0.1) is 4.90 Å². The third-order valence-corrected chi connectivity index (χ3v) is 6.03. The maximum Gasteiger partial charge on any atom is 0.243 e. The van der Waals surface area contributed by atoms with Crippen LogP contribution in [-0.4, -0.2) is 30.8 Å². The summed E-state index contributed by atoms with van der Waals surface area (Å²) < 4.78 is 27.4. The van der Waals surface area contributed by atoms with E-state index in [1.54, 1.807) is 18.3 Å². The van der Waals surface area contributed by atoms with Crippen LogP contribution in [0.1, 0.15) is 12.6 Å². The highest BCUT2D eigenvalue weighted by Crippen LogP contribution is 2.22. The first-order valence-electron chi connectivity index (χ1n) is 8.00. The number of hydrogen-bond donors (Lipinski definition) is 0. The van der Waals surface area contributed by atoms with E-state index in [0.717, 1.165) is 16.5 Å². The molecule has 3 rings (SSSR count). The lowest BCUT2D eigenvalue weighted by atomic mass is 10.1. The number of sulfonamides is 1. The van der Waals surface area contributed by atoms with E-state index in [1.165, 1.54) is 4.31 Å². The van der Waals surface area contributed by atoms with Crippen molar-refractivity contribution in [1.82, 2.24) is 9.29 Å². The van der Waals surface area contributed by atoms with Crippen molar-refractivity contribution in [3.8, 4) is 0 Å². The fourth-order valence-electron chi connectivity index (χ4n) is 2.71. The molecule has 0 amide bonds. The highest BCUT2D eigenvalue weighted by Gasteiger charge is 2.23. The molecule has 3 aromatic rings. The number of hydrogen-bond acceptors (Lipinski definition) is 3. The van der Waals surface area contributed by atoms with Crippen LogP contribution >= 0.6 is 0 Å². The maximum atomic E-state index is 12.9. The van der Waals surface area contributed by atoms with E-state index in [9.17, 15) is 8.42 Å². The summed E-state index contributed by atoms with van der Waals surface area (Å²) in [6, 6.07) is 18.7. The molecule has 124 valence electrons. The van der Waals surface area contributed by atoms with Gasteiger partial charge in [-0.2, -0.15) is 4.31 Å². The maximum absolute atomic E-state index is 12.9. The van der Waals surface area contributed by atoms with Gasteiger partial charge in [-0.05, 0) is 35.0 Å². The zero-order chi connectivity index (χ0) is 17.0. The Morgan fingerprint density at radius 1 is 0.958 bits per heavy atom. The van der Waals surface area contributed by atoms with Gasteiger partial charge in [-0.25, -0.2) is 8.42 Å². The van der Waals surface area contributed by atoms with Crippen LogP contribution in [0.15, 0.2) is 71.8 Å². The van der Waals surface area contributed by atoms with Gasteiger partial charge in [-0.15, -0.1) is 0 Å². The molecule has 2 aromatic carbocycles. The average Bonchev–Trinajstić information content (AvgIpc) is 2.62. The van der Waals surface area contributed by atoms with Crippen molar-refractivity contribution in [3.63, 3.8) is 0 Å². The second-order valence-corrected chi connectivity index (χ2v) is 7.51. The SMILES string of the molecule is CCN(CCc1ccccn1)S(=O)(=O)c1ccc2ccccc2c1. The Balaban J connectivity index is 1.85. The van der Waals surface area contributed by atoms with E-state index in [1.807, 2.05) is 55.5 Å². The minimum Gasteiger partial charge on any atom is -0.261 e. The molecule has 0 bridgehead atoms. The molecule has 0 aliphatic carbocycles. The standard InChI is InChI=1S/C19H20N2O2S/c1-2-21(14-12-18-9-5-6-13-20-18)24(22,23)19-11-10-16-7-3-4-8-17(16)15-19/h3-11,13,15H,2,12,14H2,1H3. The summed E-state index contributed by atoms with van der Waals surface area (Å²) >= 11 is 0. The van der Waals surface area contributed by atoms with Crippen molar-refractivity contribution in [2.24, 2.45) is 0 Å². The van der Waals surface area contributed by atoms with Gasteiger partial charge in [0.2, 0.25) is 10.0 Å². The van der Waals surface area contributed by atoms with Gasteiger partial charge < -0.3 is 0 Å². The molecule has 5 heteroatoms. The molecular weight excluding hydrogens is 320 g/mol. The van der Waals surface area contributed by atoms with Crippen LogP contribution in [0.5, 0.6) is 0 Å². The van der Waals surface area contributed by atoms with Gasteiger partial charge in [0.25, 0.3) is 0 Å². The fourth-order valence-corrected chi connectivity index (χ4v) is 4.20. The number of nitrogens with zero attached hydrogens (tertiary/aromatic N) is 2. The van der Waals surface area contributed by atoms with Crippen LogP contribution in [-0.2, 0) is 16.4 Å². The van der Waals surface area contributed by atoms with Gasteiger partial charge in [0.1, 0.15) is 0 Å². The average molecular weight is 340 g/mol. The molecule has 0 atom stereocenters. The molecule has 4 nitrogen and oxygen atoms in total. The molecule has 0 spiro atoms. The summed E-state index contributed by atoms with van der Waals surface area (Å²) in [4.78, 5) is 4.60. The minimum absolute atomic E-state index is 0.337. The van der Waals surface area contributed by atoms with E-state index in [0.29, 0.717) is 24.4 Å². The first-order chi connectivity index (χ1) is 11.6. The zero-order valence-corrected chi connectivity index (χ0v) is 14.4. The molecule has 1 aromatic heterocycles. The highest BCUT2D eigenvalue weighted by molar-refractivity contribution is 7.89. The topological polar surface area (TPSA) is 50.3 Å². The van der Waals surface area contributed by atoms with Crippen molar-refractivity contribution in [2.45, 2.75) is 18.2 Å². The smallest absolute Gasteiger partial charge is 0.243 e. The lowest BCUT2D eigenvalue weighted by Gasteiger charge is -2.20. The number of pyridine rings is 1. The second-order valence-electron chi connectivity index (χ2n) is 5.58. The summed E-state index contributed by atoms with van der Waals surface area (Å²) in [5.74, 6) is 0. The normalized spacial score (nSPS) is 11.9. The Morgan fingerprint density at radius 3 is 2.42 bits per heavy atom. The summed E-state index contributed by atoms with van der Waals surface area (Å²) in [5.41, 5.74) is 0.893. The summed E-state index contributed by atoms with van der Waals surface area (Å²) in [6.07, 6.45) is 2.32. The number of likely N-dealkylation sites (N-methyl/N-ethyl adjacent to an activating group) is 1. The Kier molecular flexibility index (Phi) is 4.92. The molecule has 0 aliphatic heterocycles. The third kappa shape index (κ3) is 3.47. The molecule has 0 saturated carbocycles. The molecule has 0 unspecified atom stereocenters. The van der Waals surface area contributed by atoms with Crippen molar-refractivity contribution in [3.05, 3.63) is 72.6 Å². The number of rotatable bonds is 6. The third-order valence-electron chi connectivity index (χ3n) is 4.05. The summed E-state index contributed by atoms with van der Waals surface area (Å²) in [7, 11) is -3.51. The van der Waals surface area contributed by atoms with Crippen molar-refractivity contribution in [2.75, 3.05) is 13.1 Å². The largest absolute Gasteiger partial charge is 0.261 e. The second kappa shape index (κ2) is 7.11. The lowest BCUT2D eigenvalue weighted by molar-refractivity contribution is 0.429. The Morgan fingerprint density at radius 2 is 1.71 bits per heavy atom. The number of aromatic nitrogens is 1. The summed E-state index contributed by atoms with van der Waals surface area (Å²) in [5, 5.41) is 1.97. The minimum atomic E-state index is -3.51. The predicted octanol–water partition coefficient (Wildman–Crippen LogP) is 3.49. The first kappa shape index (κ1) is 16.6. The van der Waals surface area contributed by atoms with Gasteiger partial charge in [0, 0.05) is 31.4 Å². The molecule has 24 heavy (non-hydrogen) atoms. The molecule has 0 saturated heterocycles. The molecular formula is C19H20N2O2S.